The van der Waals surface area contributed by atoms with Gasteiger partial charge >= 0.3 is 5.97 Å². The maximum Gasteiger partial charge on any atom is 0.352 e. The molecule has 1 amide bonds. The number of nitrogen functional groups attached to an aromatic ring is 1. The van der Waals surface area contributed by atoms with E-state index in [1.54, 1.807) is 82.4 Å². The number of hydrogen-bond donors (Lipinski definition) is 3. The molecule has 6 aromatic heterocycles. The molecule has 2 aliphatic rings. The second-order valence-corrected chi connectivity index (χ2v) is 15.3. The number of anilines is 4. The van der Waals surface area contributed by atoms with Gasteiger partial charge in [-0.2, -0.15) is 0 Å². The molecule has 288 valence electrons. The highest BCUT2D eigenvalue weighted by molar-refractivity contribution is 7.14. The van der Waals surface area contributed by atoms with Crippen LogP contribution >= 0.6 is 22.7 Å². The summed E-state index contributed by atoms with van der Waals surface area (Å²) >= 11 is 3.34. The largest absolute Gasteiger partial charge is 0.477 e. The zero-order valence-corrected chi connectivity index (χ0v) is 32.9. The number of carbonyl (C=O) groups excluding carboxylic acids is 1. The van der Waals surface area contributed by atoms with E-state index in [4.69, 9.17) is 10.7 Å². The Morgan fingerprint density at radius 1 is 0.709 bits per heavy atom. The number of rotatable bonds is 9. The zero-order chi connectivity index (χ0) is 38.6. The molecule has 0 radical (unpaired) electrons. The number of carboxylic acids is 1. The van der Waals surface area contributed by atoms with E-state index in [9.17, 15) is 14.7 Å². The minimum absolute atomic E-state index is 0.124. The topological polar surface area (TPSA) is 160 Å². The molecule has 2 saturated heterocycles. The number of aromatic nitrogens is 6. The first kappa shape index (κ1) is 39.2. The Morgan fingerprint density at radius 3 is 1.62 bits per heavy atom. The maximum atomic E-state index is 12.7. The van der Waals surface area contributed by atoms with Gasteiger partial charge in [0.1, 0.15) is 11.4 Å². The highest BCUT2D eigenvalue weighted by atomic mass is 32.1. The first-order valence-electron chi connectivity index (χ1n) is 18.5. The lowest BCUT2D eigenvalue weighted by Crippen LogP contribution is -2.29. The lowest BCUT2D eigenvalue weighted by molar-refractivity contribution is 0.0685. The number of nitrogens with one attached hydrogen (secondary N) is 1. The second-order valence-electron chi connectivity index (χ2n) is 13.7. The van der Waals surface area contributed by atoms with E-state index in [0.717, 1.165) is 70.3 Å². The molecule has 0 aromatic carbocycles. The number of carbonyl (C=O) groups is 2. The number of hydrogen-bond acceptors (Lipinski definition) is 11. The van der Waals surface area contributed by atoms with Crippen LogP contribution in [0.5, 0.6) is 0 Å². The smallest absolute Gasteiger partial charge is 0.352 e. The minimum Gasteiger partial charge on any atom is -0.477 e. The number of amides is 1. The van der Waals surface area contributed by atoms with Gasteiger partial charge in [-0.1, -0.05) is 0 Å². The monoisotopic (exact) mass is 780 g/mol. The van der Waals surface area contributed by atoms with E-state index >= 15 is 0 Å². The highest BCUT2D eigenvalue weighted by Gasteiger charge is 2.18. The molecule has 4 N–H and O–H groups in total. The molecule has 0 aliphatic carbocycles. The van der Waals surface area contributed by atoms with Gasteiger partial charge in [0.05, 0.1) is 24.5 Å². The Hall–Kier alpha value is -5.54. The average Bonchev–Trinajstić information content (AvgIpc) is 4.02. The number of aromatic carboxylic acids is 1. The number of carboxylic acid groups (broad SMARTS) is 1. The Balaban J connectivity index is 0.000000162. The molecule has 6 aromatic rings. The highest BCUT2D eigenvalue weighted by Crippen LogP contribution is 2.26. The maximum absolute atomic E-state index is 12.7. The average molecular weight is 781 g/mol. The summed E-state index contributed by atoms with van der Waals surface area (Å²) in [5.74, 6) is -1.02. The molecular formula is C40H48N10O3S2. The normalized spacial score (nSPS) is 14.0. The standard InChI is InChI=1S/C20H23N5OS.C15H19N3O2S.C5H6N2/c1-15-11-18(19(26)22-16-5-7-21-8-6-16)25(12-15)13-17-14-27-20(23-17)24-9-3-2-4-10-24;1-11-7-13(14(19)20)18(8-11)9-12-10-21-15(16-12)17-5-3-2-4-6-17;6-5-1-3-7-4-2-5/h5-8,11-12,14H,2-4,9-10,13H2,1H3,(H,21,22,26);7-8,10H,2-6,9H2,1H3,(H,19,20);1-4H,(H2,6,7). The van der Waals surface area contributed by atoms with Crippen LogP contribution in [0, 0.1) is 13.8 Å². The number of nitrogens with zero attached hydrogens (tertiary/aromatic N) is 8. The van der Waals surface area contributed by atoms with Gasteiger partial charge in [0, 0.05) is 85.5 Å². The summed E-state index contributed by atoms with van der Waals surface area (Å²) in [6.07, 6.45) is 18.1. The third kappa shape index (κ3) is 11.2. The molecule has 8 rings (SSSR count). The van der Waals surface area contributed by atoms with Crippen molar-refractivity contribution in [2.45, 2.75) is 65.5 Å². The van der Waals surface area contributed by atoms with Gasteiger partial charge in [0.25, 0.3) is 5.91 Å². The van der Waals surface area contributed by atoms with Crippen molar-refractivity contribution in [3.63, 3.8) is 0 Å². The predicted molar refractivity (Wildman–Crippen MR) is 221 cm³/mol. The Labute approximate surface area is 329 Å². The number of piperidine rings is 2. The van der Waals surface area contributed by atoms with Crippen molar-refractivity contribution < 1.29 is 14.7 Å². The van der Waals surface area contributed by atoms with Crippen molar-refractivity contribution in [1.29, 1.82) is 0 Å². The molecule has 0 bridgehead atoms. The quantitative estimate of drug-likeness (QED) is 0.133. The number of nitrogens with two attached hydrogens (primary N) is 1. The third-order valence-electron chi connectivity index (χ3n) is 9.16. The fourth-order valence-corrected chi connectivity index (χ4v) is 8.23. The molecule has 13 nitrogen and oxygen atoms in total. The molecule has 2 aliphatic heterocycles. The van der Waals surface area contributed by atoms with Gasteiger partial charge in [0.2, 0.25) is 0 Å². The van der Waals surface area contributed by atoms with Crippen LogP contribution in [0.1, 0.15) is 82.0 Å². The van der Waals surface area contributed by atoms with E-state index in [1.807, 2.05) is 42.3 Å². The summed E-state index contributed by atoms with van der Waals surface area (Å²) in [6.45, 7) is 9.36. The van der Waals surface area contributed by atoms with E-state index in [0.29, 0.717) is 24.5 Å². The number of aryl methyl sites for hydroxylation is 2. The van der Waals surface area contributed by atoms with Gasteiger partial charge in [-0.05, 0) is 99.9 Å². The van der Waals surface area contributed by atoms with E-state index in [2.05, 4.69) is 35.4 Å². The van der Waals surface area contributed by atoms with Gasteiger partial charge in [-0.15, -0.1) is 22.7 Å². The van der Waals surface area contributed by atoms with Gasteiger partial charge < -0.3 is 35.1 Å². The summed E-state index contributed by atoms with van der Waals surface area (Å²) < 4.78 is 3.73. The van der Waals surface area contributed by atoms with E-state index in [1.165, 1.54) is 38.5 Å². The van der Waals surface area contributed by atoms with Crippen LogP contribution in [0.2, 0.25) is 0 Å². The summed E-state index contributed by atoms with van der Waals surface area (Å²) in [4.78, 5) is 45.9. The van der Waals surface area contributed by atoms with Gasteiger partial charge in [0.15, 0.2) is 10.3 Å². The first-order chi connectivity index (χ1) is 26.7. The zero-order valence-electron chi connectivity index (χ0n) is 31.3. The lowest BCUT2D eigenvalue weighted by atomic mass is 10.1. The fraction of sp³-hybridized carbons (Fsp3) is 0.350. The first-order valence-corrected chi connectivity index (χ1v) is 20.3. The van der Waals surface area contributed by atoms with Crippen LogP contribution in [0.25, 0.3) is 0 Å². The second kappa shape index (κ2) is 19.2. The Morgan fingerprint density at radius 2 is 1.16 bits per heavy atom. The predicted octanol–water partition coefficient (Wildman–Crippen LogP) is 7.59. The summed E-state index contributed by atoms with van der Waals surface area (Å²) in [7, 11) is 0. The molecule has 0 unspecified atom stereocenters. The van der Waals surface area contributed by atoms with Crippen molar-refractivity contribution in [2.24, 2.45) is 0 Å². The SMILES string of the molecule is Cc1cc(C(=O)Nc2ccncc2)n(Cc2csc(N3CCCCC3)n2)c1.Cc1cc(C(=O)O)n(Cc2csc(N3CCCCC3)n2)c1.Nc1ccncc1. The summed E-state index contributed by atoms with van der Waals surface area (Å²) in [6, 6.07) is 10.7. The molecule has 0 spiro atoms. The van der Waals surface area contributed by atoms with Crippen LogP contribution in [0.15, 0.2) is 84.3 Å². The molecule has 15 heteroatoms. The van der Waals surface area contributed by atoms with Crippen LogP contribution in [-0.2, 0) is 13.1 Å². The van der Waals surface area contributed by atoms with Crippen molar-refractivity contribution in [3.05, 3.63) is 118 Å². The lowest BCUT2D eigenvalue weighted by Gasteiger charge is -2.25. The van der Waals surface area contributed by atoms with Gasteiger partial charge in [-0.3, -0.25) is 14.8 Å². The minimum atomic E-state index is -0.894. The number of thiazole rings is 2. The summed E-state index contributed by atoms with van der Waals surface area (Å²) in [5.41, 5.74) is 11.7. The van der Waals surface area contributed by atoms with Gasteiger partial charge in [-0.25, -0.2) is 14.8 Å². The fourth-order valence-electron chi connectivity index (χ4n) is 6.49. The van der Waals surface area contributed by atoms with Crippen molar-refractivity contribution >= 4 is 56.2 Å². The number of pyridine rings is 2. The Kier molecular flexibility index (Phi) is 13.6. The van der Waals surface area contributed by atoms with Crippen molar-refractivity contribution in [3.8, 4) is 0 Å². The van der Waals surface area contributed by atoms with Crippen LogP contribution in [0.4, 0.5) is 21.6 Å². The van der Waals surface area contributed by atoms with Crippen LogP contribution < -0.4 is 20.9 Å². The molecule has 8 heterocycles. The van der Waals surface area contributed by atoms with E-state index < -0.39 is 5.97 Å². The van der Waals surface area contributed by atoms with Crippen molar-refractivity contribution in [2.75, 3.05) is 47.0 Å². The van der Waals surface area contributed by atoms with Crippen LogP contribution in [-0.4, -0.2) is 72.2 Å². The van der Waals surface area contributed by atoms with Crippen molar-refractivity contribution in [1.82, 2.24) is 29.1 Å². The summed E-state index contributed by atoms with van der Waals surface area (Å²) in [5, 5.41) is 18.4. The molecule has 0 atom stereocenters. The molecule has 55 heavy (non-hydrogen) atoms. The van der Waals surface area contributed by atoms with E-state index in [-0.39, 0.29) is 5.91 Å². The molecule has 2 fully saturated rings. The van der Waals surface area contributed by atoms with Crippen LogP contribution in [0.3, 0.4) is 0 Å². The molecule has 0 saturated carbocycles. The molecular weight excluding hydrogens is 733 g/mol. The third-order valence-corrected chi connectivity index (χ3v) is 11.1. The Bertz CT molecular complexity index is 2110.